The van der Waals surface area contributed by atoms with E-state index in [1.165, 1.54) is 0 Å². The van der Waals surface area contributed by atoms with Gasteiger partial charge in [0.15, 0.2) is 0 Å². The molecule has 4 nitrogen and oxygen atoms in total. The van der Waals surface area contributed by atoms with Crippen LogP contribution in [0.15, 0.2) is 0 Å². The molecule has 0 spiro atoms. The lowest BCUT2D eigenvalue weighted by Gasteiger charge is -2.12. The standard InChI is InChI=1S/C12H27NO3/c1-11(2)15-8-5-6-13-7-9-16-12(3)10-14-4/h11-13H,5-10H2,1-4H3. The lowest BCUT2D eigenvalue weighted by Crippen LogP contribution is -2.25. The summed E-state index contributed by atoms with van der Waals surface area (Å²) in [7, 11) is 1.69. The minimum Gasteiger partial charge on any atom is -0.382 e. The molecule has 1 N–H and O–H groups in total. The van der Waals surface area contributed by atoms with E-state index in [-0.39, 0.29) is 6.10 Å². The van der Waals surface area contributed by atoms with Crippen molar-refractivity contribution in [3.63, 3.8) is 0 Å². The van der Waals surface area contributed by atoms with Crippen LogP contribution in [0.5, 0.6) is 0 Å². The highest BCUT2D eigenvalue weighted by atomic mass is 16.5. The minimum absolute atomic E-state index is 0.177. The fraction of sp³-hybridized carbons (Fsp3) is 1.00. The van der Waals surface area contributed by atoms with E-state index in [4.69, 9.17) is 14.2 Å². The Morgan fingerprint density at radius 1 is 1.00 bits per heavy atom. The molecular weight excluding hydrogens is 206 g/mol. The van der Waals surface area contributed by atoms with E-state index < -0.39 is 0 Å². The Hall–Kier alpha value is -0.160. The second-order valence-electron chi connectivity index (χ2n) is 4.16. The number of methoxy groups -OCH3 is 1. The smallest absolute Gasteiger partial charge is 0.0780 e. The monoisotopic (exact) mass is 233 g/mol. The van der Waals surface area contributed by atoms with Gasteiger partial charge in [-0.25, -0.2) is 0 Å². The Balaban J connectivity index is 3.04. The quantitative estimate of drug-likeness (QED) is 0.548. The van der Waals surface area contributed by atoms with E-state index in [0.29, 0.717) is 12.7 Å². The third-order valence-corrected chi connectivity index (χ3v) is 2.03. The van der Waals surface area contributed by atoms with Gasteiger partial charge in [0.1, 0.15) is 0 Å². The summed E-state index contributed by atoms with van der Waals surface area (Å²) in [5, 5.41) is 3.31. The summed E-state index contributed by atoms with van der Waals surface area (Å²) in [6.45, 7) is 10.2. The zero-order valence-corrected chi connectivity index (χ0v) is 11.1. The highest BCUT2D eigenvalue weighted by Crippen LogP contribution is 1.90. The van der Waals surface area contributed by atoms with Crippen LogP contribution in [-0.4, -0.2) is 52.2 Å². The average Bonchev–Trinajstić information content (AvgIpc) is 2.22. The molecule has 0 heterocycles. The average molecular weight is 233 g/mol. The molecule has 0 radical (unpaired) electrons. The van der Waals surface area contributed by atoms with Crippen molar-refractivity contribution < 1.29 is 14.2 Å². The van der Waals surface area contributed by atoms with Gasteiger partial charge in [0.2, 0.25) is 0 Å². The number of ether oxygens (including phenoxy) is 3. The van der Waals surface area contributed by atoms with Crippen molar-refractivity contribution in [3.8, 4) is 0 Å². The summed E-state index contributed by atoms with van der Waals surface area (Å²) in [4.78, 5) is 0. The van der Waals surface area contributed by atoms with E-state index >= 15 is 0 Å². The number of hydrogen-bond acceptors (Lipinski definition) is 4. The fourth-order valence-corrected chi connectivity index (χ4v) is 1.26. The predicted molar refractivity (Wildman–Crippen MR) is 65.9 cm³/mol. The Morgan fingerprint density at radius 3 is 2.38 bits per heavy atom. The summed E-state index contributed by atoms with van der Waals surface area (Å²) < 4.78 is 15.9. The second kappa shape index (κ2) is 11.3. The SMILES string of the molecule is COCC(C)OCCNCCCOC(C)C. The van der Waals surface area contributed by atoms with Crippen LogP contribution in [0.1, 0.15) is 27.2 Å². The van der Waals surface area contributed by atoms with Gasteiger partial charge in [-0.15, -0.1) is 0 Å². The molecular formula is C12H27NO3. The molecule has 4 heteroatoms. The molecule has 1 atom stereocenters. The summed E-state index contributed by atoms with van der Waals surface area (Å²) in [5.41, 5.74) is 0. The molecule has 0 aliphatic rings. The van der Waals surface area contributed by atoms with Crippen molar-refractivity contribution in [2.24, 2.45) is 0 Å². The van der Waals surface area contributed by atoms with E-state index in [1.807, 2.05) is 6.92 Å². The lowest BCUT2D eigenvalue weighted by molar-refractivity contribution is 0.0105. The van der Waals surface area contributed by atoms with Crippen molar-refractivity contribution in [2.75, 3.05) is 40.0 Å². The largest absolute Gasteiger partial charge is 0.382 e. The molecule has 0 fully saturated rings. The van der Waals surface area contributed by atoms with E-state index in [1.54, 1.807) is 7.11 Å². The van der Waals surface area contributed by atoms with Crippen molar-refractivity contribution in [1.29, 1.82) is 0 Å². The first-order valence-corrected chi connectivity index (χ1v) is 6.09. The maximum atomic E-state index is 5.51. The number of rotatable bonds is 11. The molecule has 0 aliphatic heterocycles. The molecule has 16 heavy (non-hydrogen) atoms. The van der Waals surface area contributed by atoms with E-state index in [2.05, 4.69) is 19.2 Å². The van der Waals surface area contributed by atoms with Crippen LogP contribution in [0.3, 0.4) is 0 Å². The Kier molecular flexibility index (Phi) is 11.2. The minimum atomic E-state index is 0.177. The Labute approximate surface area is 99.6 Å². The predicted octanol–water partition coefficient (Wildman–Crippen LogP) is 1.44. The molecule has 98 valence electrons. The molecule has 0 aromatic carbocycles. The maximum absolute atomic E-state index is 5.51. The van der Waals surface area contributed by atoms with E-state index in [0.717, 1.165) is 32.7 Å². The van der Waals surface area contributed by atoms with Gasteiger partial charge in [0.05, 0.1) is 25.4 Å². The van der Waals surface area contributed by atoms with Gasteiger partial charge in [-0.2, -0.15) is 0 Å². The first-order valence-electron chi connectivity index (χ1n) is 6.09. The summed E-state index contributed by atoms with van der Waals surface area (Å²) in [5.74, 6) is 0. The maximum Gasteiger partial charge on any atom is 0.0780 e. The topological polar surface area (TPSA) is 39.7 Å². The van der Waals surface area contributed by atoms with Crippen molar-refractivity contribution in [2.45, 2.75) is 39.4 Å². The zero-order chi connectivity index (χ0) is 12.2. The molecule has 0 saturated heterocycles. The van der Waals surface area contributed by atoms with Crippen LogP contribution in [-0.2, 0) is 14.2 Å². The van der Waals surface area contributed by atoms with Crippen LogP contribution >= 0.6 is 0 Å². The molecule has 0 aromatic rings. The fourth-order valence-electron chi connectivity index (χ4n) is 1.26. The van der Waals surface area contributed by atoms with Crippen molar-refractivity contribution in [1.82, 2.24) is 5.32 Å². The first kappa shape index (κ1) is 15.8. The summed E-state index contributed by atoms with van der Waals surface area (Å²) in [6.07, 6.45) is 1.56. The van der Waals surface area contributed by atoms with Gasteiger partial charge >= 0.3 is 0 Å². The molecule has 0 bridgehead atoms. The normalized spacial score (nSPS) is 13.3. The molecule has 0 amide bonds. The molecule has 0 rings (SSSR count). The van der Waals surface area contributed by atoms with Crippen LogP contribution < -0.4 is 5.32 Å². The molecule has 1 unspecified atom stereocenters. The van der Waals surface area contributed by atoms with Gasteiger partial charge in [-0.05, 0) is 33.7 Å². The molecule has 0 aliphatic carbocycles. The van der Waals surface area contributed by atoms with Gasteiger partial charge < -0.3 is 19.5 Å². The third kappa shape index (κ3) is 11.9. The Bertz CT molecular complexity index is 142. The van der Waals surface area contributed by atoms with Crippen LogP contribution in [0.4, 0.5) is 0 Å². The highest BCUT2D eigenvalue weighted by Gasteiger charge is 1.99. The van der Waals surface area contributed by atoms with Gasteiger partial charge in [-0.1, -0.05) is 0 Å². The second-order valence-corrected chi connectivity index (χ2v) is 4.16. The van der Waals surface area contributed by atoms with Crippen LogP contribution in [0.25, 0.3) is 0 Å². The van der Waals surface area contributed by atoms with Crippen molar-refractivity contribution in [3.05, 3.63) is 0 Å². The van der Waals surface area contributed by atoms with E-state index in [9.17, 15) is 0 Å². The van der Waals surface area contributed by atoms with Crippen LogP contribution in [0.2, 0.25) is 0 Å². The lowest BCUT2D eigenvalue weighted by atomic mass is 10.4. The number of hydrogen-bond donors (Lipinski definition) is 1. The summed E-state index contributed by atoms with van der Waals surface area (Å²) in [6, 6.07) is 0. The van der Waals surface area contributed by atoms with Crippen molar-refractivity contribution >= 4 is 0 Å². The third-order valence-electron chi connectivity index (χ3n) is 2.03. The zero-order valence-electron chi connectivity index (χ0n) is 11.1. The molecule has 0 saturated carbocycles. The highest BCUT2D eigenvalue weighted by molar-refractivity contribution is 4.50. The first-order chi connectivity index (χ1) is 7.66. The van der Waals surface area contributed by atoms with Gasteiger partial charge in [-0.3, -0.25) is 0 Å². The Morgan fingerprint density at radius 2 is 1.75 bits per heavy atom. The summed E-state index contributed by atoms with van der Waals surface area (Å²) >= 11 is 0. The number of nitrogens with one attached hydrogen (secondary N) is 1. The van der Waals surface area contributed by atoms with Gasteiger partial charge in [0.25, 0.3) is 0 Å². The molecule has 0 aromatic heterocycles. The van der Waals surface area contributed by atoms with Crippen LogP contribution in [0, 0.1) is 0 Å². The van der Waals surface area contributed by atoms with Gasteiger partial charge in [0, 0.05) is 20.3 Å².